The summed E-state index contributed by atoms with van der Waals surface area (Å²) in [7, 11) is 0. The summed E-state index contributed by atoms with van der Waals surface area (Å²) < 4.78 is 19.8. The van der Waals surface area contributed by atoms with E-state index in [9.17, 15) is 4.39 Å². The number of nitrogens with one attached hydrogen (secondary N) is 1. The van der Waals surface area contributed by atoms with Gasteiger partial charge in [-0.1, -0.05) is 19.3 Å². The summed E-state index contributed by atoms with van der Waals surface area (Å²) in [6.45, 7) is 0.558. The second kappa shape index (κ2) is 6.37. The van der Waals surface area contributed by atoms with Crippen LogP contribution in [0.5, 0.6) is 5.75 Å². The fourth-order valence-corrected chi connectivity index (χ4v) is 2.95. The zero-order valence-electron chi connectivity index (χ0n) is 10.7. The van der Waals surface area contributed by atoms with Gasteiger partial charge in [-0.2, -0.15) is 0 Å². The lowest BCUT2D eigenvalue weighted by atomic mass is 9.90. The maximum absolute atomic E-state index is 14.1. The molecule has 1 aromatic carbocycles. The van der Waals surface area contributed by atoms with Crippen LogP contribution >= 0.6 is 15.9 Å². The van der Waals surface area contributed by atoms with E-state index >= 15 is 0 Å². The Morgan fingerprint density at radius 1 is 1.37 bits per heavy atom. The first-order chi connectivity index (χ1) is 9.09. The molecule has 0 aliphatic heterocycles. The zero-order valence-corrected chi connectivity index (χ0v) is 12.3. The molecule has 1 fully saturated rings. The fraction of sp³-hybridized carbons (Fsp3) is 0.500. The number of hydrogen-bond acceptors (Lipinski definition) is 2. The quantitative estimate of drug-likeness (QED) is 0.651. The molecule has 0 saturated heterocycles. The van der Waals surface area contributed by atoms with Crippen LogP contribution in [0.4, 0.5) is 4.39 Å². The average molecular weight is 329 g/mol. The molecular formula is C14H18BrFN2O. The lowest BCUT2D eigenvalue weighted by Gasteiger charge is -2.22. The molecule has 0 bridgehead atoms. The molecule has 0 aromatic heterocycles. The van der Waals surface area contributed by atoms with Crippen LogP contribution < -0.4 is 10.5 Å². The summed E-state index contributed by atoms with van der Waals surface area (Å²) in [5, 5.41) is 7.35. The van der Waals surface area contributed by atoms with Crippen molar-refractivity contribution in [2.75, 3.05) is 6.61 Å². The van der Waals surface area contributed by atoms with E-state index in [1.54, 1.807) is 12.1 Å². The lowest BCUT2D eigenvalue weighted by molar-refractivity contribution is 0.202. The van der Waals surface area contributed by atoms with E-state index in [0.717, 1.165) is 12.8 Å². The van der Waals surface area contributed by atoms with E-state index < -0.39 is 5.82 Å². The smallest absolute Gasteiger partial charge is 0.179 e. The minimum atomic E-state index is -0.483. The van der Waals surface area contributed by atoms with Crippen LogP contribution in [-0.4, -0.2) is 12.4 Å². The van der Waals surface area contributed by atoms with Gasteiger partial charge in [0.1, 0.15) is 5.84 Å². The maximum Gasteiger partial charge on any atom is 0.179 e. The molecule has 0 amide bonds. The van der Waals surface area contributed by atoms with Crippen molar-refractivity contribution in [3.05, 3.63) is 28.0 Å². The molecule has 3 nitrogen and oxygen atoms in total. The Labute approximate surface area is 121 Å². The first-order valence-electron chi connectivity index (χ1n) is 6.54. The second-order valence-electron chi connectivity index (χ2n) is 4.97. The molecule has 1 aliphatic carbocycles. The van der Waals surface area contributed by atoms with E-state index in [1.807, 2.05) is 0 Å². The fourth-order valence-electron chi connectivity index (χ4n) is 2.41. The first-order valence-corrected chi connectivity index (χ1v) is 7.34. The van der Waals surface area contributed by atoms with Crippen molar-refractivity contribution in [1.29, 1.82) is 5.41 Å². The Morgan fingerprint density at radius 2 is 2.05 bits per heavy atom. The highest BCUT2D eigenvalue weighted by atomic mass is 79.9. The minimum Gasteiger partial charge on any atom is -0.490 e. The van der Waals surface area contributed by atoms with Crippen LogP contribution in [0.2, 0.25) is 0 Å². The average Bonchev–Trinajstić information content (AvgIpc) is 2.41. The Morgan fingerprint density at radius 3 is 2.68 bits per heavy atom. The maximum atomic E-state index is 14.1. The van der Waals surface area contributed by atoms with E-state index in [1.165, 1.54) is 19.3 Å². The van der Waals surface area contributed by atoms with Gasteiger partial charge < -0.3 is 10.5 Å². The number of nitrogen functional groups attached to an aromatic ring is 1. The van der Waals surface area contributed by atoms with Gasteiger partial charge in [-0.3, -0.25) is 5.41 Å². The van der Waals surface area contributed by atoms with Crippen molar-refractivity contribution < 1.29 is 9.13 Å². The highest BCUT2D eigenvalue weighted by Gasteiger charge is 2.17. The number of halogens is 2. The molecular weight excluding hydrogens is 311 g/mol. The number of benzene rings is 1. The molecule has 3 N–H and O–H groups in total. The number of nitrogens with two attached hydrogens (primary N) is 1. The van der Waals surface area contributed by atoms with Crippen LogP contribution in [0.25, 0.3) is 0 Å². The summed E-state index contributed by atoms with van der Waals surface area (Å²) in [4.78, 5) is 0. The van der Waals surface area contributed by atoms with E-state index in [0.29, 0.717) is 18.1 Å². The summed E-state index contributed by atoms with van der Waals surface area (Å²) in [6, 6.07) is 3.14. The predicted molar refractivity (Wildman–Crippen MR) is 77.2 cm³/mol. The van der Waals surface area contributed by atoms with Gasteiger partial charge in [0.25, 0.3) is 0 Å². The molecule has 0 unspecified atom stereocenters. The predicted octanol–water partition coefficient (Wildman–Crippen LogP) is 3.83. The number of hydrogen-bond donors (Lipinski definition) is 2. The van der Waals surface area contributed by atoms with Crippen LogP contribution in [-0.2, 0) is 0 Å². The second-order valence-corrected chi connectivity index (χ2v) is 5.76. The molecule has 0 radical (unpaired) electrons. The molecule has 1 aliphatic rings. The van der Waals surface area contributed by atoms with Gasteiger partial charge in [-0.15, -0.1) is 0 Å². The number of amidine groups is 1. The van der Waals surface area contributed by atoms with Crippen LogP contribution in [0.15, 0.2) is 16.6 Å². The highest BCUT2D eigenvalue weighted by Crippen LogP contribution is 2.30. The molecule has 2 rings (SSSR count). The van der Waals surface area contributed by atoms with Gasteiger partial charge in [-0.25, -0.2) is 4.39 Å². The van der Waals surface area contributed by atoms with Gasteiger partial charge in [0.2, 0.25) is 0 Å². The third-order valence-electron chi connectivity index (χ3n) is 3.54. The first kappa shape index (κ1) is 14.3. The van der Waals surface area contributed by atoms with Gasteiger partial charge in [0.05, 0.1) is 11.1 Å². The van der Waals surface area contributed by atoms with E-state index in [-0.39, 0.29) is 16.1 Å². The van der Waals surface area contributed by atoms with E-state index in [2.05, 4.69) is 15.9 Å². The third kappa shape index (κ3) is 3.47. The van der Waals surface area contributed by atoms with Crippen molar-refractivity contribution in [1.82, 2.24) is 0 Å². The van der Waals surface area contributed by atoms with Crippen molar-refractivity contribution in [2.24, 2.45) is 11.7 Å². The molecule has 19 heavy (non-hydrogen) atoms. The van der Waals surface area contributed by atoms with Crippen LogP contribution in [0, 0.1) is 17.1 Å². The normalized spacial score (nSPS) is 16.3. The molecule has 104 valence electrons. The molecule has 1 aromatic rings. The van der Waals surface area contributed by atoms with Gasteiger partial charge in [0, 0.05) is 5.56 Å². The summed E-state index contributed by atoms with van der Waals surface area (Å²) in [5.74, 6) is 0.106. The lowest BCUT2D eigenvalue weighted by Crippen LogP contribution is -2.16. The Balaban J connectivity index is 2.04. The van der Waals surface area contributed by atoms with Crippen LogP contribution in [0.3, 0.4) is 0 Å². The van der Waals surface area contributed by atoms with Crippen molar-refractivity contribution in [3.8, 4) is 5.75 Å². The largest absolute Gasteiger partial charge is 0.490 e. The van der Waals surface area contributed by atoms with Crippen molar-refractivity contribution >= 4 is 21.8 Å². The SMILES string of the molecule is N=C(N)c1ccc(OCC2CCCCC2)c(F)c1Br. The molecule has 0 atom stereocenters. The van der Waals surface area contributed by atoms with Crippen molar-refractivity contribution in [2.45, 2.75) is 32.1 Å². The van der Waals surface area contributed by atoms with Gasteiger partial charge >= 0.3 is 0 Å². The van der Waals surface area contributed by atoms with Gasteiger partial charge in [0.15, 0.2) is 11.6 Å². The van der Waals surface area contributed by atoms with Gasteiger partial charge in [-0.05, 0) is 46.8 Å². The summed E-state index contributed by atoms with van der Waals surface area (Å²) >= 11 is 3.12. The molecule has 0 heterocycles. The molecule has 0 spiro atoms. The number of ether oxygens (including phenoxy) is 1. The molecule has 5 heteroatoms. The standard InChI is InChI=1S/C14H18BrFN2O/c15-12-10(14(17)18)6-7-11(13(12)16)19-8-9-4-2-1-3-5-9/h6-7,9H,1-5,8H2,(H3,17,18). The summed E-state index contributed by atoms with van der Waals surface area (Å²) in [6.07, 6.45) is 6.10. The monoisotopic (exact) mass is 328 g/mol. The zero-order chi connectivity index (χ0) is 13.8. The highest BCUT2D eigenvalue weighted by molar-refractivity contribution is 9.10. The van der Waals surface area contributed by atoms with Crippen LogP contribution in [0.1, 0.15) is 37.7 Å². The molecule has 1 saturated carbocycles. The Hall–Kier alpha value is -1.10. The minimum absolute atomic E-state index is 0.162. The van der Waals surface area contributed by atoms with E-state index in [4.69, 9.17) is 15.9 Å². The Bertz CT molecular complexity index is 473. The third-order valence-corrected chi connectivity index (χ3v) is 4.31. The van der Waals surface area contributed by atoms with Crippen molar-refractivity contribution in [3.63, 3.8) is 0 Å². The Kier molecular flexibility index (Phi) is 4.80. The summed E-state index contributed by atoms with van der Waals surface area (Å²) in [5.41, 5.74) is 5.72. The topological polar surface area (TPSA) is 59.1 Å². The number of rotatable bonds is 4.